The van der Waals surface area contributed by atoms with Gasteiger partial charge in [0.25, 0.3) is 0 Å². The van der Waals surface area contributed by atoms with E-state index in [0.717, 1.165) is 49.1 Å². The van der Waals surface area contributed by atoms with Crippen molar-refractivity contribution in [3.8, 4) is 0 Å². The quantitative estimate of drug-likeness (QED) is 0.548. The smallest absolute Gasteiger partial charge is 0.336 e. The summed E-state index contributed by atoms with van der Waals surface area (Å²) in [4.78, 5) is 25.7. The van der Waals surface area contributed by atoms with Gasteiger partial charge in [-0.1, -0.05) is 49.6 Å². The summed E-state index contributed by atoms with van der Waals surface area (Å²) < 4.78 is 5.55. The molecule has 1 aromatic carbocycles. The number of benzene rings is 1. The molecular formula is C22H26ClNO3. The highest BCUT2D eigenvalue weighted by Gasteiger charge is 2.39. The molecule has 1 aliphatic heterocycles. The van der Waals surface area contributed by atoms with Gasteiger partial charge >= 0.3 is 5.97 Å². The molecular weight excluding hydrogens is 362 g/mol. The third-order valence-corrected chi connectivity index (χ3v) is 5.54. The van der Waals surface area contributed by atoms with Crippen LogP contribution in [0.1, 0.15) is 63.9 Å². The highest BCUT2D eigenvalue weighted by Crippen LogP contribution is 2.44. The Labute approximate surface area is 165 Å². The van der Waals surface area contributed by atoms with Crippen LogP contribution in [0.15, 0.2) is 46.8 Å². The lowest BCUT2D eigenvalue weighted by atomic mass is 9.75. The molecule has 27 heavy (non-hydrogen) atoms. The average Bonchev–Trinajstić information content (AvgIpc) is 2.65. The third kappa shape index (κ3) is 4.11. The number of allylic oxidation sites excluding steroid dienone is 3. The average molecular weight is 388 g/mol. The van der Waals surface area contributed by atoms with E-state index in [4.69, 9.17) is 16.3 Å². The van der Waals surface area contributed by atoms with Crippen LogP contribution < -0.4 is 5.32 Å². The number of ether oxygens (including phenoxy) is 1. The zero-order valence-corrected chi connectivity index (χ0v) is 16.7. The summed E-state index contributed by atoms with van der Waals surface area (Å²) in [6.07, 6.45) is 5.05. The Morgan fingerprint density at radius 1 is 1.26 bits per heavy atom. The summed E-state index contributed by atoms with van der Waals surface area (Å²) in [7, 11) is 0. The highest BCUT2D eigenvalue weighted by atomic mass is 35.5. The molecule has 0 amide bonds. The second-order valence-electron chi connectivity index (χ2n) is 7.13. The van der Waals surface area contributed by atoms with Gasteiger partial charge in [-0.3, -0.25) is 4.79 Å². The number of hydrogen-bond donors (Lipinski definition) is 1. The normalized spacial score (nSPS) is 19.7. The van der Waals surface area contributed by atoms with Gasteiger partial charge in [0.2, 0.25) is 0 Å². The molecule has 1 aliphatic carbocycles. The first kappa shape index (κ1) is 19.7. The first-order valence-electron chi connectivity index (χ1n) is 9.70. The van der Waals surface area contributed by atoms with Crippen molar-refractivity contribution in [3.05, 3.63) is 57.4 Å². The van der Waals surface area contributed by atoms with Crippen LogP contribution in [0.3, 0.4) is 0 Å². The number of esters is 1. The van der Waals surface area contributed by atoms with Crippen molar-refractivity contribution >= 4 is 23.4 Å². The Bertz CT molecular complexity index is 810. The van der Waals surface area contributed by atoms with E-state index in [9.17, 15) is 9.59 Å². The van der Waals surface area contributed by atoms with Gasteiger partial charge < -0.3 is 10.1 Å². The molecule has 3 rings (SSSR count). The van der Waals surface area contributed by atoms with Gasteiger partial charge in [-0.05, 0) is 37.8 Å². The number of ketones is 1. The van der Waals surface area contributed by atoms with Crippen LogP contribution in [-0.4, -0.2) is 18.4 Å². The van der Waals surface area contributed by atoms with Crippen molar-refractivity contribution in [3.63, 3.8) is 0 Å². The molecule has 0 unspecified atom stereocenters. The molecule has 0 radical (unpaired) electrons. The van der Waals surface area contributed by atoms with Crippen molar-refractivity contribution in [1.82, 2.24) is 5.32 Å². The Balaban J connectivity index is 2.01. The van der Waals surface area contributed by atoms with Crippen LogP contribution in [0.2, 0.25) is 5.02 Å². The fraction of sp³-hybridized carbons (Fsp3) is 0.455. The fourth-order valence-corrected chi connectivity index (χ4v) is 4.11. The van der Waals surface area contributed by atoms with Crippen LogP contribution in [0.25, 0.3) is 0 Å². The summed E-state index contributed by atoms with van der Waals surface area (Å²) in [5.74, 6) is -0.759. The van der Waals surface area contributed by atoms with E-state index in [-0.39, 0.29) is 11.8 Å². The molecule has 0 fully saturated rings. The maximum absolute atomic E-state index is 13.0. The zero-order valence-electron chi connectivity index (χ0n) is 15.9. The van der Waals surface area contributed by atoms with E-state index in [1.54, 1.807) is 6.07 Å². The highest BCUT2D eigenvalue weighted by molar-refractivity contribution is 6.31. The first-order valence-corrected chi connectivity index (χ1v) is 10.1. The molecule has 0 saturated carbocycles. The van der Waals surface area contributed by atoms with Crippen molar-refractivity contribution in [2.75, 3.05) is 6.61 Å². The number of unbranched alkanes of at least 4 members (excludes halogenated alkanes) is 2. The van der Waals surface area contributed by atoms with Gasteiger partial charge in [0.15, 0.2) is 5.78 Å². The maximum Gasteiger partial charge on any atom is 0.336 e. The van der Waals surface area contributed by atoms with Gasteiger partial charge in [-0.2, -0.15) is 0 Å². The predicted octanol–water partition coefficient (Wildman–Crippen LogP) is 5.04. The molecule has 0 aromatic heterocycles. The number of rotatable bonds is 6. The molecule has 0 spiro atoms. The van der Waals surface area contributed by atoms with Crippen molar-refractivity contribution in [2.45, 2.75) is 58.3 Å². The molecule has 1 aromatic rings. The number of carbonyl (C=O) groups excluding carboxylic acids is 2. The second kappa shape index (κ2) is 8.75. The van der Waals surface area contributed by atoms with E-state index < -0.39 is 5.92 Å². The van der Waals surface area contributed by atoms with Gasteiger partial charge in [-0.25, -0.2) is 4.79 Å². The SMILES string of the molecule is CCCCCOC(=O)C1=C(C)NC2=C(C(=O)CCC2)[C@@H]1c1ccccc1Cl. The molecule has 0 bridgehead atoms. The van der Waals surface area contributed by atoms with Crippen LogP contribution >= 0.6 is 11.6 Å². The van der Waals surface area contributed by atoms with Crippen LogP contribution in [0.5, 0.6) is 0 Å². The topological polar surface area (TPSA) is 55.4 Å². The second-order valence-corrected chi connectivity index (χ2v) is 7.54. The lowest BCUT2D eigenvalue weighted by Crippen LogP contribution is -2.34. The minimum atomic E-state index is -0.471. The van der Waals surface area contributed by atoms with E-state index in [0.29, 0.717) is 29.2 Å². The van der Waals surface area contributed by atoms with Gasteiger partial charge in [0.1, 0.15) is 0 Å². The van der Waals surface area contributed by atoms with Crippen molar-refractivity contribution < 1.29 is 14.3 Å². The molecule has 4 nitrogen and oxygen atoms in total. The zero-order chi connectivity index (χ0) is 19.4. The number of Topliss-reactive ketones (excluding diaryl/α,β-unsaturated/α-hetero) is 1. The third-order valence-electron chi connectivity index (χ3n) is 5.19. The maximum atomic E-state index is 13.0. The minimum absolute atomic E-state index is 0.0810. The molecule has 5 heteroatoms. The molecule has 1 heterocycles. The number of nitrogens with one attached hydrogen (secondary N) is 1. The van der Waals surface area contributed by atoms with E-state index in [1.165, 1.54) is 0 Å². The number of dihydropyridines is 1. The number of hydrogen-bond acceptors (Lipinski definition) is 4. The predicted molar refractivity (Wildman–Crippen MR) is 106 cm³/mol. The van der Waals surface area contributed by atoms with Crippen LogP contribution in [-0.2, 0) is 14.3 Å². The monoisotopic (exact) mass is 387 g/mol. The lowest BCUT2D eigenvalue weighted by Gasteiger charge is -2.34. The van der Waals surface area contributed by atoms with Gasteiger partial charge in [0, 0.05) is 34.3 Å². The molecule has 144 valence electrons. The summed E-state index contributed by atoms with van der Waals surface area (Å²) in [5, 5.41) is 3.85. The fourth-order valence-electron chi connectivity index (χ4n) is 3.87. The summed E-state index contributed by atoms with van der Waals surface area (Å²) >= 11 is 6.47. The van der Waals surface area contributed by atoms with E-state index in [2.05, 4.69) is 12.2 Å². The largest absolute Gasteiger partial charge is 0.462 e. The van der Waals surface area contributed by atoms with Crippen LogP contribution in [0, 0.1) is 0 Å². The summed E-state index contributed by atoms with van der Waals surface area (Å²) in [6, 6.07) is 7.43. The molecule has 1 N–H and O–H groups in total. The van der Waals surface area contributed by atoms with Crippen LogP contribution in [0.4, 0.5) is 0 Å². The number of carbonyl (C=O) groups is 2. The van der Waals surface area contributed by atoms with Crippen molar-refractivity contribution in [1.29, 1.82) is 0 Å². The molecule has 2 aliphatic rings. The Hall–Kier alpha value is -2.07. The Morgan fingerprint density at radius 2 is 2.04 bits per heavy atom. The molecule has 0 saturated heterocycles. The summed E-state index contributed by atoms with van der Waals surface area (Å²) in [5.41, 5.74) is 3.60. The van der Waals surface area contributed by atoms with E-state index >= 15 is 0 Å². The number of halogens is 1. The van der Waals surface area contributed by atoms with Crippen molar-refractivity contribution in [2.24, 2.45) is 0 Å². The minimum Gasteiger partial charge on any atom is -0.462 e. The Morgan fingerprint density at radius 3 is 2.78 bits per heavy atom. The van der Waals surface area contributed by atoms with Gasteiger partial charge in [0.05, 0.1) is 12.2 Å². The lowest BCUT2D eigenvalue weighted by molar-refractivity contribution is -0.139. The molecule has 1 atom stereocenters. The van der Waals surface area contributed by atoms with E-state index in [1.807, 2.05) is 25.1 Å². The van der Waals surface area contributed by atoms with Gasteiger partial charge in [-0.15, -0.1) is 0 Å². The Kier molecular flexibility index (Phi) is 6.38. The standard InChI is InChI=1S/C22H26ClNO3/c1-3-4-7-13-27-22(26)19-14(2)24-17-11-8-12-18(25)21(17)20(19)15-9-5-6-10-16(15)23/h5-6,9-10,20,24H,3-4,7-8,11-13H2,1-2H3/t20-/m1/s1. The summed E-state index contributed by atoms with van der Waals surface area (Å²) in [6.45, 7) is 4.36. The first-order chi connectivity index (χ1) is 13.0.